The molecule has 4 heteroatoms. The number of ether oxygens (including phenoxy) is 1. The molecule has 1 atom stereocenters. The standard InChI is InChI=1S/C14H25NO3/c1-12(2,3)18-10-14(9-16)11(17)13(4)5-7-15(14)8-6-13/h16H,5-10H2,1-4H3/t14-/m1/s1. The lowest BCUT2D eigenvalue weighted by Crippen LogP contribution is -2.72. The lowest BCUT2D eigenvalue weighted by molar-refractivity contribution is -0.176. The number of nitrogens with zero attached hydrogens (tertiary/aromatic N) is 1. The highest BCUT2D eigenvalue weighted by Gasteiger charge is 2.58. The number of carbonyl (C=O) groups excluding carboxylic acids is 1. The molecule has 3 rings (SSSR count). The van der Waals surface area contributed by atoms with E-state index in [0.29, 0.717) is 6.61 Å². The van der Waals surface area contributed by atoms with Gasteiger partial charge in [0.1, 0.15) is 5.54 Å². The zero-order valence-electron chi connectivity index (χ0n) is 12.0. The summed E-state index contributed by atoms with van der Waals surface area (Å²) in [7, 11) is 0. The Hall–Kier alpha value is -0.450. The summed E-state index contributed by atoms with van der Waals surface area (Å²) in [6.07, 6.45) is 1.81. The number of carbonyl (C=O) groups is 1. The third-order valence-corrected chi connectivity index (χ3v) is 4.45. The molecule has 3 saturated heterocycles. The Morgan fingerprint density at radius 2 is 1.89 bits per heavy atom. The fraction of sp³-hybridized carbons (Fsp3) is 0.929. The van der Waals surface area contributed by atoms with Crippen molar-refractivity contribution in [3.63, 3.8) is 0 Å². The molecule has 3 aliphatic rings. The normalized spacial score (nSPS) is 40.3. The van der Waals surface area contributed by atoms with Gasteiger partial charge in [0.25, 0.3) is 0 Å². The van der Waals surface area contributed by atoms with E-state index in [-0.39, 0.29) is 23.4 Å². The van der Waals surface area contributed by atoms with E-state index in [1.54, 1.807) is 0 Å². The van der Waals surface area contributed by atoms with E-state index in [2.05, 4.69) is 4.90 Å². The van der Waals surface area contributed by atoms with Crippen molar-refractivity contribution in [1.82, 2.24) is 4.90 Å². The molecule has 0 aromatic rings. The van der Waals surface area contributed by atoms with E-state index in [4.69, 9.17) is 4.74 Å². The van der Waals surface area contributed by atoms with Crippen molar-refractivity contribution in [3.8, 4) is 0 Å². The van der Waals surface area contributed by atoms with Crippen LogP contribution in [0.4, 0.5) is 0 Å². The minimum absolute atomic E-state index is 0.141. The van der Waals surface area contributed by atoms with E-state index in [1.165, 1.54) is 0 Å². The summed E-state index contributed by atoms with van der Waals surface area (Å²) in [4.78, 5) is 14.8. The van der Waals surface area contributed by atoms with E-state index in [1.807, 2.05) is 27.7 Å². The van der Waals surface area contributed by atoms with Gasteiger partial charge in [0, 0.05) is 18.5 Å². The molecule has 0 aromatic heterocycles. The minimum Gasteiger partial charge on any atom is -0.394 e. The molecule has 1 N–H and O–H groups in total. The van der Waals surface area contributed by atoms with Crippen molar-refractivity contribution in [2.45, 2.75) is 51.7 Å². The van der Waals surface area contributed by atoms with Crippen LogP contribution in [0.3, 0.4) is 0 Å². The predicted molar refractivity (Wildman–Crippen MR) is 69.4 cm³/mol. The first kappa shape index (κ1) is 14.0. The van der Waals surface area contributed by atoms with Crippen LogP contribution < -0.4 is 0 Å². The van der Waals surface area contributed by atoms with Crippen molar-refractivity contribution in [2.24, 2.45) is 5.41 Å². The number of piperidine rings is 3. The van der Waals surface area contributed by atoms with Crippen LogP contribution in [-0.4, -0.2) is 53.2 Å². The number of Topliss-reactive ketones (excluding diaryl/α,β-unsaturated/α-hetero) is 1. The third kappa shape index (κ3) is 2.10. The lowest BCUT2D eigenvalue weighted by Gasteiger charge is -2.56. The van der Waals surface area contributed by atoms with Crippen LogP contribution in [0.1, 0.15) is 40.5 Å². The lowest BCUT2D eigenvalue weighted by atomic mass is 9.64. The first-order chi connectivity index (χ1) is 8.23. The van der Waals surface area contributed by atoms with Gasteiger partial charge in [-0.05, 0) is 33.6 Å². The van der Waals surface area contributed by atoms with Crippen molar-refractivity contribution in [1.29, 1.82) is 0 Å². The molecule has 18 heavy (non-hydrogen) atoms. The first-order valence-electron chi connectivity index (χ1n) is 6.78. The van der Waals surface area contributed by atoms with Crippen molar-refractivity contribution < 1.29 is 14.6 Å². The number of hydrogen-bond donors (Lipinski definition) is 1. The number of ketones is 1. The molecule has 0 radical (unpaired) electrons. The largest absolute Gasteiger partial charge is 0.394 e. The van der Waals surface area contributed by atoms with Crippen LogP contribution in [-0.2, 0) is 9.53 Å². The number of aliphatic hydroxyl groups is 1. The monoisotopic (exact) mass is 255 g/mol. The molecule has 0 unspecified atom stereocenters. The third-order valence-electron chi connectivity index (χ3n) is 4.45. The van der Waals surface area contributed by atoms with Gasteiger partial charge in [-0.3, -0.25) is 9.69 Å². The summed E-state index contributed by atoms with van der Waals surface area (Å²) in [5.41, 5.74) is -1.36. The quantitative estimate of drug-likeness (QED) is 0.824. The van der Waals surface area contributed by atoms with Crippen LogP contribution >= 0.6 is 0 Å². The minimum atomic E-state index is -0.807. The molecular formula is C14H25NO3. The molecule has 0 aromatic carbocycles. The summed E-state index contributed by atoms with van der Waals surface area (Å²) in [6, 6.07) is 0. The van der Waals surface area contributed by atoms with Gasteiger partial charge in [-0.1, -0.05) is 6.92 Å². The Bertz CT molecular complexity index is 339. The van der Waals surface area contributed by atoms with E-state index >= 15 is 0 Å². The predicted octanol–water partition coefficient (Wildman–Crippen LogP) is 1.22. The highest BCUT2D eigenvalue weighted by Crippen LogP contribution is 2.45. The maximum atomic E-state index is 12.7. The van der Waals surface area contributed by atoms with Gasteiger partial charge in [-0.25, -0.2) is 0 Å². The molecule has 3 fully saturated rings. The van der Waals surface area contributed by atoms with E-state index < -0.39 is 5.54 Å². The van der Waals surface area contributed by atoms with E-state index in [0.717, 1.165) is 25.9 Å². The van der Waals surface area contributed by atoms with Crippen molar-refractivity contribution in [3.05, 3.63) is 0 Å². The summed E-state index contributed by atoms with van der Waals surface area (Å²) in [6.45, 7) is 9.88. The average Bonchev–Trinajstić information content (AvgIpc) is 2.30. The average molecular weight is 255 g/mol. The molecule has 104 valence electrons. The van der Waals surface area contributed by atoms with Crippen LogP contribution in [0.25, 0.3) is 0 Å². The molecule has 0 saturated carbocycles. The summed E-state index contributed by atoms with van der Waals surface area (Å²) in [5.74, 6) is 0.166. The number of rotatable bonds is 3. The zero-order valence-corrected chi connectivity index (χ0v) is 12.0. The molecular weight excluding hydrogens is 230 g/mol. The van der Waals surface area contributed by atoms with Crippen LogP contribution in [0.5, 0.6) is 0 Å². The molecule has 0 amide bonds. The highest BCUT2D eigenvalue weighted by atomic mass is 16.5. The van der Waals surface area contributed by atoms with Gasteiger partial charge in [-0.15, -0.1) is 0 Å². The Kier molecular flexibility index (Phi) is 3.33. The number of hydrogen-bond acceptors (Lipinski definition) is 4. The fourth-order valence-corrected chi connectivity index (χ4v) is 3.07. The smallest absolute Gasteiger partial charge is 0.163 e. The van der Waals surface area contributed by atoms with Gasteiger partial charge < -0.3 is 9.84 Å². The van der Waals surface area contributed by atoms with Gasteiger partial charge >= 0.3 is 0 Å². The Balaban J connectivity index is 2.23. The first-order valence-corrected chi connectivity index (χ1v) is 6.78. The number of aliphatic hydroxyl groups excluding tert-OH is 1. The molecule has 4 nitrogen and oxygen atoms in total. The van der Waals surface area contributed by atoms with Crippen molar-refractivity contribution in [2.75, 3.05) is 26.3 Å². The molecule has 0 spiro atoms. The zero-order chi connectivity index (χ0) is 13.6. The number of fused-ring (bicyclic) bond motifs is 3. The van der Waals surface area contributed by atoms with Gasteiger partial charge in [0.05, 0.1) is 18.8 Å². The van der Waals surface area contributed by atoms with Gasteiger partial charge in [0.2, 0.25) is 0 Å². The summed E-state index contributed by atoms with van der Waals surface area (Å²) >= 11 is 0. The van der Waals surface area contributed by atoms with Crippen LogP contribution in [0.15, 0.2) is 0 Å². The second-order valence-electron chi connectivity index (χ2n) is 6.97. The second kappa shape index (κ2) is 4.29. The maximum Gasteiger partial charge on any atom is 0.163 e. The second-order valence-corrected chi connectivity index (χ2v) is 6.97. The topological polar surface area (TPSA) is 49.8 Å². The maximum absolute atomic E-state index is 12.7. The van der Waals surface area contributed by atoms with Crippen LogP contribution in [0, 0.1) is 5.41 Å². The molecule has 3 aliphatic heterocycles. The molecule has 2 bridgehead atoms. The highest BCUT2D eigenvalue weighted by molar-refractivity contribution is 5.95. The summed E-state index contributed by atoms with van der Waals surface area (Å²) < 4.78 is 5.81. The van der Waals surface area contributed by atoms with Crippen LogP contribution in [0.2, 0.25) is 0 Å². The Morgan fingerprint density at radius 3 is 2.33 bits per heavy atom. The Labute approximate surface area is 109 Å². The van der Waals surface area contributed by atoms with Gasteiger partial charge in [-0.2, -0.15) is 0 Å². The SMILES string of the molecule is CC(C)(C)OC[C@]1(CO)C(=O)C2(C)CCN1CC2. The summed E-state index contributed by atoms with van der Waals surface area (Å²) in [5, 5.41) is 9.80. The molecule has 0 aliphatic carbocycles. The van der Waals surface area contributed by atoms with Crippen molar-refractivity contribution >= 4 is 5.78 Å². The Morgan fingerprint density at radius 1 is 1.33 bits per heavy atom. The van der Waals surface area contributed by atoms with Gasteiger partial charge in [0.15, 0.2) is 5.78 Å². The molecule has 3 heterocycles. The fourth-order valence-electron chi connectivity index (χ4n) is 3.07. The van der Waals surface area contributed by atoms with E-state index in [9.17, 15) is 9.90 Å².